The van der Waals surface area contributed by atoms with Crippen LogP contribution in [0.15, 0.2) is 18.2 Å². The van der Waals surface area contributed by atoms with Crippen LogP contribution in [0.5, 0.6) is 17.2 Å². The fraction of sp³-hybridized carbons (Fsp3) is 0.615. The number of aliphatic hydroxyl groups excluding tert-OH is 6. The summed E-state index contributed by atoms with van der Waals surface area (Å²) < 4.78 is 42.6. The Morgan fingerprint density at radius 3 is 2.10 bits per heavy atom. The molecule has 0 bridgehead atoms. The summed E-state index contributed by atoms with van der Waals surface area (Å²) in [6, 6.07) is 3.10. The van der Waals surface area contributed by atoms with E-state index in [2.05, 4.69) is 0 Å². The number of esters is 2. The van der Waals surface area contributed by atoms with Gasteiger partial charge in [-0.15, -0.1) is 0 Å². The highest BCUT2D eigenvalue weighted by Crippen LogP contribution is 2.39. The van der Waals surface area contributed by atoms with E-state index in [1.807, 2.05) is 0 Å². The van der Waals surface area contributed by atoms with Crippen LogP contribution in [-0.2, 0) is 33.3 Å². The second-order valence-electron chi connectivity index (χ2n) is 9.38. The molecule has 6 N–H and O–H groups in total. The van der Waals surface area contributed by atoms with Gasteiger partial charge in [0, 0.05) is 13.0 Å². The van der Waals surface area contributed by atoms with Gasteiger partial charge in [0.25, 0.3) is 0 Å². The zero-order valence-electron chi connectivity index (χ0n) is 23.3. The van der Waals surface area contributed by atoms with Gasteiger partial charge in [0.1, 0.15) is 49.8 Å². The Balaban J connectivity index is 1.84. The van der Waals surface area contributed by atoms with Crippen molar-refractivity contribution in [2.45, 2.75) is 61.7 Å². The molecule has 16 heteroatoms. The van der Waals surface area contributed by atoms with Crippen molar-refractivity contribution in [1.29, 1.82) is 0 Å². The van der Waals surface area contributed by atoms with E-state index in [0.29, 0.717) is 22.8 Å². The lowest BCUT2D eigenvalue weighted by atomic mass is 9.99. The van der Waals surface area contributed by atoms with Gasteiger partial charge >= 0.3 is 11.9 Å². The number of rotatable bonds is 12. The van der Waals surface area contributed by atoms with E-state index in [1.165, 1.54) is 27.4 Å². The molecule has 0 unspecified atom stereocenters. The first-order chi connectivity index (χ1) is 19.9. The molecule has 2 aliphatic heterocycles. The summed E-state index contributed by atoms with van der Waals surface area (Å²) in [6.07, 6.45) is -11.3. The van der Waals surface area contributed by atoms with Crippen LogP contribution in [0, 0.1) is 0 Å². The Kier molecular flexibility index (Phi) is 11.5. The standard InChI is InChI=1S/C26H36O16/c1-12(29)38-10-17-19(31)21(33)22(34)25(39-17)42-26(11-28)24(20(32)16(9-27)41-26)40-18(30)6-5-13-7-14(35-2)23(37-4)15(8-13)36-3/h5-8,16-17,19-22,24-25,27-28,31-34H,9-11H2,1-4H3/t16-,17-,19-,20-,21+,22-,24+,25-,26+/m1/s1. The molecular formula is C26H36O16. The van der Waals surface area contributed by atoms with Crippen molar-refractivity contribution in [3.05, 3.63) is 23.8 Å². The molecule has 0 spiro atoms. The maximum absolute atomic E-state index is 12.8. The van der Waals surface area contributed by atoms with E-state index in [0.717, 1.165) is 13.0 Å². The second kappa shape index (κ2) is 14.4. The van der Waals surface area contributed by atoms with Gasteiger partial charge in [-0.25, -0.2) is 4.79 Å². The third-order valence-electron chi connectivity index (χ3n) is 6.65. The van der Waals surface area contributed by atoms with Gasteiger partial charge in [-0.05, 0) is 23.8 Å². The van der Waals surface area contributed by atoms with Crippen molar-refractivity contribution in [2.24, 2.45) is 0 Å². The number of methoxy groups -OCH3 is 3. The molecule has 0 aromatic heterocycles. The number of hydrogen-bond acceptors (Lipinski definition) is 16. The molecule has 1 aromatic carbocycles. The van der Waals surface area contributed by atoms with Crippen molar-refractivity contribution in [3.8, 4) is 17.2 Å². The number of hydrogen-bond donors (Lipinski definition) is 6. The van der Waals surface area contributed by atoms with Gasteiger partial charge in [0.2, 0.25) is 11.5 Å². The van der Waals surface area contributed by atoms with Crippen LogP contribution in [0.3, 0.4) is 0 Å². The molecule has 2 fully saturated rings. The number of aliphatic hydroxyl groups is 6. The first kappa shape index (κ1) is 33.4. The number of ether oxygens (including phenoxy) is 8. The summed E-state index contributed by atoms with van der Waals surface area (Å²) in [5.74, 6) is -3.21. The van der Waals surface area contributed by atoms with Crippen LogP contribution < -0.4 is 14.2 Å². The zero-order valence-corrected chi connectivity index (χ0v) is 23.3. The van der Waals surface area contributed by atoms with Gasteiger partial charge in [-0.3, -0.25) is 4.79 Å². The Morgan fingerprint density at radius 2 is 1.57 bits per heavy atom. The van der Waals surface area contributed by atoms with E-state index in [4.69, 9.17) is 37.9 Å². The first-order valence-corrected chi connectivity index (χ1v) is 12.7. The van der Waals surface area contributed by atoms with Crippen LogP contribution in [0.1, 0.15) is 12.5 Å². The van der Waals surface area contributed by atoms with Crippen molar-refractivity contribution < 1.29 is 78.1 Å². The Morgan fingerprint density at radius 1 is 0.929 bits per heavy atom. The summed E-state index contributed by atoms with van der Waals surface area (Å²) >= 11 is 0. The highest BCUT2D eigenvalue weighted by molar-refractivity contribution is 5.87. The molecule has 236 valence electrons. The molecule has 0 saturated carbocycles. The Bertz CT molecular complexity index is 1080. The lowest BCUT2D eigenvalue weighted by Crippen LogP contribution is -2.63. The third-order valence-corrected chi connectivity index (χ3v) is 6.65. The summed E-state index contributed by atoms with van der Waals surface area (Å²) in [5.41, 5.74) is 0.438. The summed E-state index contributed by atoms with van der Waals surface area (Å²) in [7, 11) is 4.26. The molecule has 1 aromatic rings. The van der Waals surface area contributed by atoms with Crippen molar-refractivity contribution in [2.75, 3.05) is 41.2 Å². The smallest absolute Gasteiger partial charge is 0.331 e. The number of carbonyl (C=O) groups excluding carboxylic acids is 2. The van der Waals surface area contributed by atoms with Gasteiger partial charge in [-0.1, -0.05) is 0 Å². The topological polar surface area (TPSA) is 229 Å². The van der Waals surface area contributed by atoms with E-state index >= 15 is 0 Å². The lowest BCUT2D eigenvalue weighted by molar-refractivity contribution is -0.383. The summed E-state index contributed by atoms with van der Waals surface area (Å²) in [4.78, 5) is 24.0. The predicted molar refractivity (Wildman–Crippen MR) is 137 cm³/mol. The van der Waals surface area contributed by atoms with Crippen molar-refractivity contribution in [1.82, 2.24) is 0 Å². The largest absolute Gasteiger partial charge is 0.493 e. The minimum absolute atomic E-state index is 0.313. The van der Waals surface area contributed by atoms with Crippen LogP contribution in [0.4, 0.5) is 0 Å². The molecule has 9 atom stereocenters. The van der Waals surface area contributed by atoms with E-state index in [-0.39, 0.29) is 0 Å². The predicted octanol–water partition coefficient (Wildman–Crippen LogP) is -2.53. The van der Waals surface area contributed by atoms with Crippen LogP contribution in [0.2, 0.25) is 0 Å². The van der Waals surface area contributed by atoms with E-state index in [1.54, 1.807) is 12.1 Å². The molecule has 2 heterocycles. The monoisotopic (exact) mass is 604 g/mol. The molecule has 2 saturated heterocycles. The number of carbonyl (C=O) groups is 2. The van der Waals surface area contributed by atoms with Gasteiger partial charge in [-0.2, -0.15) is 0 Å². The lowest BCUT2D eigenvalue weighted by Gasteiger charge is -2.43. The van der Waals surface area contributed by atoms with Crippen LogP contribution in [0.25, 0.3) is 6.08 Å². The maximum Gasteiger partial charge on any atom is 0.331 e. The fourth-order valence-corrected chi connectivity index (χ4v) is 4.49. The van der Waals surface area contributed by atoms with Crippen molar-refractivity contribution >= 4 is 18.0 Å². The quantitative estimate of drug-likeness (QED) is 0.107. The van der Waals surface area contributed by atoms with Gasteiger partial charge in [0.05, 0.1) is 27.9 Å². The van der Waals surface area contributed by atoms with E-state index in [9.17, 15) is 40.2 Å². The molecule has 0 radical (unpaired) electrons. The minimum atomic E-state index is -2.41. The highest BCUT2D eigenvalue weighted by atomic mass is 16.8. The second-order valence-corrected chi connectivity index (χ2v) is 9.38. The fourth-order valence-electron chi connectivity index (χ4n) is 4.49. The molecule has 42 heavy (non-hydrogen) atoms. The highest BCUT2D eigenvalue weighted by Gasteiger charge is 2.60. The maximum atomic E-state index is 12.8. The molecule has 3 rings (SSSR count). The molecular weight excluding hydrogens is 568 g/mol. The normalized spacial score (nSPS) is 32.9. The Labute approximate surface area is 240 Å². The van der Waals surface area contributed by atoms with Crippen LogP contribution in [-0.4, -0.2) is 139 Å². The average molecular weight is 605 g/mol. The first-order valence-electron chi connectivity index (χ1n) is 12.7. The average Bonchev–Trinajstić information content (AvgIpc) is 3.24. The van der Waals surface area contributed by atoms with Gasteiger partial charge in [0.15, 0.2) is 23.9 Å². The molecule has 2 aliphatic rings. The molecule has 0 amide bonds. The van der Waals surface area contributed by atoms with E-state index < -0.39 is 86.6 Å². The van der Waals surface area contributed by atoms with Crippen LogP contribution >= 0.6 is 0 Å². The summed E-state index contributed by atoms with van der Waals surface area (Å²) in [5, 5.41) is 61.8. The Hall–Kier alpha value is -3.06. The molecule has 16 nitrogen and oxygen atoms in total. The van der Waals surface area contributed by atoms with Gasteiger partial charge < -0.3 is 68.5 Å². The van der Waals surface area contributed by atoms with Crippen molar-refractivity contribution in [3.63, 3.8) is 0 Å². The number of benzene rings is 1. The zero-order chi connectivity index (χ0) is 31.2. The third kappa shape index (κ3) is 7.11. The SMILES string of the molecule is COc1cc(C=CC(=O)O[C@H]2[C@H](O)[C@@H](CO)O[C@@]2(CO)O[C@H]2O[C@H](COC(C)=O)[C@@H](O)[C@H](O)[C@H]2O)cc(OC)c1OC. The molecule has 0 aliphatic carbocycles. The summed E-state index contributed by atoms with van der Waals surface area (Å²) in [6.45, 7) is -1.30. The minimum Gasteiger partial charge on any atom is -0.493 e.